The second-order valence-corrected chi connectivity index (χ2v) is 9.21. The van der Waals surface area contributed by atoms with Crippen molar-refractivity contribution in [3.8, 4) is 17.1 Å². The summed E-state index contributed by atoms with van der Waals surface area (Å²) in [6, 6.07) is 11.8. The van der Waals surface area contributed by atoms with Crippen molar-refractivity contribution >= 4 is 29.1 Å². The van der Waals surface area contributed by atoms with Crippen molar-refractivity contribution in [2.75, 3.05) is 12.4 Å². The molecule has 0 fully saturated rings. The Morgan fingerprint density at radius 1 is 1.02 bits per heavy atom. The van der Waals surface area contributed by atoms with E-state index in [1.807, 2.05) is 0 Å². The molecule has 0 saturated carbocycles. The van der Waals surface area contributed by atoms with E-state index < -0.39 is 46.8 Å². The molecule has 0 saturated heterocycles. The molecule has 0 unspecified atom stereocenters. The SMILES string of the molecule is COc1cccc(-c2cc(NC(=O)c3cc(F)cc(C(F)(F)F)c3)c3c(c2)C(=O)N[C@@H]3c2cc(F)ccc2Cl)n1. The number of anilines is 1. The zero-order chi connectivity index (χ0) is 28.8. The van der Waals surface area contributed by atoms with E-state index in [-0.39, 0.29) is 39.3 Å². The summed E-state index contributed by atoms with van der Waals surface area (Å²) in [7, 11) is 1.41. The molecular formula is C28H17ClF5N3O3. The minimum absolute atomic E-state index is 0.0105. The van der Waals surface area contributed by atoms with Gasteiger partial charge in [-0.25, -0.2) is 13.8 Å². The van der Waals surface area contributed by atoms with Crippen molar-refractivity contribution in [1.82, 2.24) is 10.3 Å². The highest BCUT2D eigenvalue weighted by atomic mass is 35.5. The summed E-state index contributed by atoms with van der Waals surface area (Å²) in [6.07, 6.45) is -4.90. The number of alkyl halides is 3. The van der Waals surface area contributed by atoms with Gasteiger partial charge in [0.2, 0.25) is 5.88 Å². The van der Waals surface area contributed by atoms with E-state index in [1.165, 1.54) is 25.3 Å². The monoisotopic (exact) mass is 573 g/mol. The van der Waals surface area contributed by atoms with Crippen LogP contribution < -0.4 is 15.4 Å². The summed E-state index contributed by atoms with van der Waals surface area (Å²) in [4.78, 5) is 30.6. The zero-order valence-corrected chi connectivity index (χ0v) is 21.1. The van der Waals surface area contributed by atoms with Crippen LogP contribution in [0.15, 0.2) is 66.7 Å². The van der Waals surface area contributed by atoms with Gasteiger partial charge in [0.1, 0.15) is 11.6 Å². The van der Waals surface area contributed by atoms with Crippen LogP contribution in [0.25, 0.3) is 11.3 Å². The lowest BCUT2D eigenvalue weighted by molar-refractivity contribution is -0.137. The molecule has 0 aliphatic carbocycles. The average Bonchev–Trinajstić information content (AvgIpc) is 3.25. The number of aromatic nitrogens is 1. The van der Waals surface area contributed by atoms with Crippen LogP contribution in [-0.2, 0) is 6.18 Å². The number of hydrogen-bond acceptors (Lipinski definition) is 4. The summed E-state index contributed by atoms with van der Waals surface area (Å²) in [6.45, 7) is 0. The van der Waals surface area contributed by atoms with Gasteiger partial charge < -0.3 is 15.4 Å². The first-order valence-electron chi connectivity index (χ1n) is 11.6. The maximum absolute atomic E-state index is 14.1. The Kier molecular flexibility index (Phi) is 6.92. The number of carbonyl (C=O) groups is 2. The number of halogens is 6. The highest BCUT2D eigenvalue weighted by molar-refractivity contribution is 6.31. The van der Waals surface area contributed by atoms with Crippen LogP contribution >= 0.6 is 11.6 Å². The van der Waals surface area contributed by atoms with Gasteiger partial charge >= 0.3 is 6.18 Å². The molecule has 1 aromatic heterocycles. The van der Waals surface area contributed by atoms with E-state index in [0.717, 1.165) is 12.1 Å². The number of fused-ring (bicyclic) bond motifs is 1. The van der Waals surface area contributed by atoms with Gasteiger partial charge in [-0.3, -0.25) is 9.59 Å². The van der Waals surface area contributed by atoms with E-state index in [2.05, 4.69) is 15.6 Å². The Morgan fingerprint density at radius 2 is 1.80 bits per heavy atom. The highest BCUT2D eigenvalue weighted by Crippen LogP contribution is 2.42. The minimum Gasteiger partial charge on any atom is -0.481 e. The third kappa shape index (κ3) is 5.20. The fraction of sp³-hybridized carbons (Fsp3) is 0.107. The van der Waals surface area contributed by atoms with E-state index in [0.29, 0.717) is 23.4 Å². The zero-order valence-electron chi connectivity index (χ0n) is 20.4. The Balaban J connectivity index is 1.67. The lowest BCUT2D eigenvalue weighted by Crippen LogP contribution is -2.21. The molecule has 40 heavy (non-hydrogen) atoms. The molecular weight excluding hydrogens is 557 g/mol. The van der Waals surface area contributed by atoms with Crippen molar-refractivity contribution in [2.24, 2.45) is 0 Å². The molecule has 6 nitrogen and oxygen atoms in total. The standard InChI is InChI=1S/C28H17ClF5N3O3/c1-40-23-4-2-3-21(35-23)13-9-19-24(25(37-27(19)39)18-12-16(30)5-6-20(18)29)22(10-13)36-26(38)14-7-15(28(32,33)34)11-17(31)8-14/h2-12,25H,1H3,(H,36,38)(H,37,39)/t25-/m1/s1. The number of benzene rings is 3. The lowest BCUT2D eigenvalue weighted by Gasteiger charge is -2.19. The molecule has 4 aromatic rings. The van der Waals surface area contributed by atoms with E-state index in [1.54, 1.807) is 18.2 Å². The fourth-order valence-electron chi connectivity index (χ4n) is 4.42. The van der Waals surface area contributed by atoms with Gasteiger partial charge in [-0.2, -0.15) is 13.2 Å². The number of pyridine rings is 1. The number of nitrogens with zero attached hydrogens (tertiary/aromatic N) is 1. The van der Waals surface area contributed by atoms with Crippen molar-refractivity contribution in [2.45, 2.75) is 12.2 Å². The number of nitrogens with one attached hydrogen (secondary N) is 2. The third-order valence-corrected chi connectivity index (χ3v) is 6.57. The quantitative estimate of drug-likeness (QED) is 0.258. The maximum atomic E-state index is 14.1. The van der Waals surface area contributed by atoms with E-state index in [4.69, 9.17) is 16.3 Å². The molecule has 2 heterocycles. The smallest absolute Gasteiger partial charge is 0.416 e. The Bertz CT molecular complexity index is 1680. The van der Waals surface area contributed by atoms with Gasteiger partial charge in [0.25, 0.3) is 11.8 Å². The van der Waals surface area contributed by atoms with Crippen LogP contribution in [-0.4, -0.2) is 23.9 Å². The fourth-order valence-corrected chi connectivity index (χ4v) is 4.65. The molecule has 2 N–H and O–H groups in total. The Labute approximate surface area is 228 Å². The number of rotatable bonds is 5. The molecule has 0 radical (unpaired) electrons. The van der Waals surface area contributed by atoms with Crippen molar-refractivity contribution in [3.05, 3.63) is 111 Å². The first-order chi connectivity index (χ1) is 18.9. The molecule has 0 spiro atoms. The Morgan fingerprint density at radius 3 is 2.52 bits per heavy atom. The topological polar surface area (TPSA) is 80.3 Å². The first-order valence-corrected chi connectivity index (χ1v) is 12.0. The molecule has 0 bridgehead atoms. The molecule has 5 rings (SSSR count). The van der Waals surface area contributed by atoms with Gasteiger partial charge in [-0.1, -0.05) is 17.7 Å². The molecule has 2 amide bonds. The van der Waals surface area contributed by atoms with Crippen LogP contribution in [0.2, 0.25) is 5.02 Å². The summed E-state index contributed by atoms with van der Waals surface area (Å²) >= 11 is 6.31. The number of ether oxygens (including phenoxy) is 1. The Hall–Kier alpha value is -4.51. The number of methoxy groups -OCH3 is 1. The highest BCUT2D eigenvalue weighted by Gasteiger charge is 2.36. The van der Waals surface area contributed by atoms with Gasteiger partial charge in [-0.15, -0.1) is 0 Å². The molecule has 1 aliphatic rings. The average molecular weight is 574 g/mol. The van der Waals surface area contributed by atoms with Crippen LogP contribution in [0, 0.1) is 11.6 Å². The molecule has 12 heteroatoms. The normalized spacial score (nSPS) is 14.5. The van der Waals surface area contributed by atoms with Crippen molar-refractivity contribution < 1.29 is 36.3 Å². The molecule has 204 valence electrons. The predicted octanol–water partition coefficient (Wildman–Crippen LogP) is 6.79. The van der Waals surface area contributed by atoms with E-state index in [9.17, 15) is 31.5 Å². The summed E-state index contributed by atoms with van der Waals surface area (Å²) < 4.78 is 73.2. The van der Waals surface area contributed by atoms with E-state index >= 15 is 0 Å². The van der Waals surface area contributed by atoms with Gasteiger partial charge in [0, 0.05) is 44.6 Å². The summed E-state index contributed by atoms with van der Waals surface area (Å²) in [5.74, 6) is -3.29. The van der Waals surface area contributed by atoms with Crippen LogP contribution in [0.3, 0.4) is 0 Å². The van der Waals surface area contributed by atoms with Crippen molar-refractivity contribution in [3.63, 3.8) is 0 Å². The second kappa shape index (κ2) is 10.2. The molecule has 1 aliphatic heterocycles. The van der Waals surface area contributed by atoms with Crippen molar-refractivity contribution in [1.29, 1.82) is 0 Å². The largest absolute Gasteiger partial charge is 0.481 e. The van der Waals surface area contributed by atoms with Crippen LogP contribution in [0.1, 0.15) is 43.4 Å². The predicted molar refractivity (Wildman–Crippen MR) is 136 cm³/mol. The number of carbonyl (C=O) groups excluding carboxylic acids is 2. The third-order valence-electron chi connectivity index (χ3n) is 6.22. The molecule has 1 atom stereocenters. The van der Waals surface area contributed by atoms with Crippen LogP contribution in [0.4, 0.5) is 27.6 Å². The maximum Gasteiger partial charge on any atom is 0.416 e. The number of amides is 2. The summed E-state index contributed by atoms with van der Waals surface area (Å²) in [5.41, 5.74) is -0.817. The first kappa shape index (κ1) is 27.1. The minimum atomic E-state index is -4.90. The lowest BCUT2D eigenvalue weighted by atomic mass is 9.93. The van der Waals surface area contributed by atoms with Crippen LogP contribution in [0.5, 0.6) is 5.88 Å². The summed E-state index contributed by atoms with van der Waals surface area (Å²) in [5, 5.41) is 5.32. The number of hydrogen-bond donors (Lipinski definition) is 2. The van der Waals surface area contributed by atoms with Gasteiger partial charge in [-0.05, 0) is 54.6 Å². The van der Waals surface area contributed by atoms with Gasteiger partial charge in [0.05, 0.1) is 24.4 Å². The van der Waals surface area contributed by atoms with Gasteiger partial charge in [0.15, 0.2) is 0 Å². The molecule has 3 aromatic carbocycles. The second-order valence-electron chi connectivity index (χ2n) is 8.80.